The van der Waals surface area contributed by atoms with E-state index in [1.807, 2.05) is 0 Å². The summed E-state index contributed by atoms with van der Waals surface area (Å²) < 4.78 is 26.5. The molecule has 1 unspecified atom stereocenters. The van der Waals surface area contributed by atoms with Crippen LogP contribution in [0.5, 0.6) is 0 Å². The van der Waals surface area contributed by atoms with Gasteiger partial charge in [-0.3, -0.25) is 9.59 Å². The molecule has 2 fully saturated rings. The van der Waals surface area contributed by atoms with Crippen molar-refractivity contribution in [2.75, 3.05) is 11.6 Å². The highest BCUT2D eigenvalue weighted by Crippen LogP contribution is 2.31. The van der Waals surface area contributed by atoms with Gasteiger partial charge in [0.05, 0.1) is 5.88 Å². The van der Waals surface area contributed by atoms with Gasteiger partial charge in [0.2, 0.25) is 5.91 Å². The lowest BCUT2D eigenvalue weighted by Crippen LogP contribution is -2.49. The molecule has 1 aromatic rings. The maximum Gasteiger partial charge on any atom is 0.273 e. The molecule has 2 amide bonds. The Morgan fingerprint density at radius 1 is 1.26 bits per heavy atom. The van der Waals surface area contributed by atoms with Gasteiger partial charge in [0.25, 0.3) is 15.9 Å². The normalized spacial score (nSPS) is 22.4. The fraction of sp³-hybridized carbons (Fsp3) is 0.571. The van der Waals surface area contributed by atoms with E-state index in [0.717, 1.165) is 37.0 Å². The standard InChI is InChI=1S/C14H18N2O4S3/c17-13(15-23(19,20)12-6-3-7-22-12)11-8-21-9-16(11)14(18)10-4-1-2-5-10/h3,6-7,10-11H,1-2,4-5,8-9H2,(H,15,17). The smallest absolute Gasteiger partial charge is 0.273 e. The molecule has 0 spiro atoms. The van der Waals surface area contributed by atoms with Crippen LogP contribution in [-0.4, -0.2) is 42.8 Å². The molecule has 23 heavy (non-hydrogen) atoms. The van der Waals surface area contributed by atoms with E-state index in [1.165, 1.54) is 17.8 Å². The van der Waals surface area contributed by atoms with Crippen LogP contribution in [0.25, 0.3) is 0 Å². The highest BCUT2D eigenvalue weighted by Gasteiger charge is 2.39. The Kier molecular flexibility index (Phi) is 4.98. The summed E-state index contributed by atoms with van der Waals surface area (Å²) in [4.78, 5) is 26.5. The van der Waals surface area contributed by atoms with Crippen LogP contribution in [0.2, 0.25) is 0 Å². The van der Waals surface area contributed by atoms with Crippen molar-refractivity contribution in [3.63, 3.8) is 0 Å². The number of nitrogens with one attached hydrogen (secondary N) is 1. The third kappa shape index (κ3) is 3.56. The van der Waals surface area contributed by atoms with Gasteiger partial charge in [-0.2, -0.15) is 0 Å². The van der Waals surface area contributed by atoms with Gasteiger partial charge in [-0.15, -0.1) is 23.1 Å². The van der Waals surface area contributed by atoms with Crippen molar-refractivity contribution in [1.82, 2.24) is 9.62 Å². The molecule has 1 N–H and O–H groups in total. The van der Waals surface area contributed by atoms with Crippen LogP contribution in [-0.2, 0) is 19.6 Å². The number of carbonyl (C=O) groups is 2. The second-order valence-corrected chi connectivity index (χ2v) is 9.56. The van der Waals surface area contributed by atoms with E-state index in [-0.39, 0.29) is 16.0 Å². The fourth-order valence-electron chi connectivity index (χ4n) is 2.95. The minimum Gasteiger partial charge on any atom is -0.320 e. The Morgan fingerprint density at radius 3 is 2.65 bits per heavy atom. The molecule has 0 aromatic carbocycles. The van der Waals surface area contributed by atoms with Crippen LogP contribution in [0.1, 0.15) is 25.7 Å². The Balaban J connectivity index is 1.70. The monoisotopic (exact) mass is 374 g/mol. The summed E-state index contributed by atoms with van der Waals surface area (Å²) in [6, 6.07) is 2.36. The average Bonchev–Trinajstić information content (AvgIpc) is 3.26. The minimum absolute atomic E-state index is 0.0128. The summed E-state index contributed by atoms with van der Waals surface area (Å²) in [6.45, 7) is 0. The average molecular weight is 375 g/mol. The lowest BCUT2D eigenvalue weighted by Gasteiger charge is -2.25. The maximum atomic E-state index is 12.5. The predicted octanol–water partition coefficient (Wildman–Crippen LogP) is 1.64. The first-order chi connectivity index (χ1) is 11.0. The van der Waals surface area contributed by atoms with Crippen LogP contribution in [0, 0.1) is 5.92 Å². The first-order valence-electron chi connectivity index (χ1n) is 7.47. The molecule has 1 atom stereocenters. The molecule has 126 valence electrons. The van der Waals surface area contributed by atoms with Crippen molar-refractivity contribution < 1.29 is 18.0 Å². The molecule has 9 heteroatoms. The summed E-state index contributed by atoms with van der Waals surface area (Å²) in [5, 5.41) is 1.64. The second-order valence-electron chi connectivity index (χ2n) is 5.71. The van der Waals surface area contributed by atoms with Crippen LogP contribution < -0.4 is 4.72 Å². The van der Waals surface area contributed by atoms with Gasteiger partial charge >= 0.3 is 0 Å². The largest absolute Gasteiger partial charge is 0.320 e. The van der Waals surface area contributed by atoms with E-state index in [2.05, 4.69) is 4.72 Å². The van der Waals surface area contributed by atoms with Crippen LogP contribution >= 0.6 is 23.1 Å². The van der Waals surface area contributed by atoms with E-state index in [0.29, 0.717) is 11.6 Å². The van der Waals surface area contributed by atoms with E-state index < -0.39 is 22.0 Å². The first-order valence-corrected chi connectivity index (χ1v) is 11.0. The van der Waals surface area contributed by atoms with Gasteiger partial charge in [-0.05, 0) is 24.3 Å². The van der Waals surface area contributed by atoms with Crippen molar-refractivity contribution in [2.24, 2.45) is 5.92 Å². The zero-order valence-corrected chi connectivity index (χ0v) is 14.9. The molecule has 2 heterocycles. The Morgan fingerprint density at radius 2 is 2.00 bits per heavy atom. The van der Waals surface area contributed by atoms with Gasteiger partial charge in [-0.1, -0.05) is 18.9 Å². The third-order valence-corrected chi connectivity index (χ3v) is 7.92. The van der Waals surface area contributed by atoms with E-state index >= 15 is 0 Å². The maximum absolute atomic E-state index is 12.5. The fourth-order valence-corrected chi connectivity index (χ4v) is 6.12. The Bertz CT molecular complexity index is 681. The summed E-state index contributed by atoms with van der Waals surface area (Å²) >= 11 is 2.53. The zero-order chi connectivity index (χ0) is 16.4. The number of thiophene rings is 1. The molecule has 1 aliphatic heterocycles. The van der Waals surface area contributed by atoms with E-state index in [9.17, 15) is 18.0 Å². The number of nitrogens with zero attached hydrogens (tertiary/aromatic N) is 1. The SMILES string of the molecule is O=C(NS(=O)(=O)c1cccs1)C1CSCN1C(=O)C1CCCC1. The number of rotatable bonds is 4. The first kappa shape index (κ1) is 16.8. The van der Waals surface area contributed by atoms with Crippen LogP contribution in [0.4, 0.5) is 0 Å². The molecule has 1 saturated carbocycles. The number of hydrogen-bond donors (Lipinski definition) is 1. The van der Waals surface area contributed by atoms with Crippen molar-refractivity contribution >= 4 is 44.9 Å². The van der Waals surface area contributed by atoms with Crippen molar-refractivity contribution in [3.8, 4) is 0 Å². The molecule has 1 aliphatic carbocycles. The van der Waals surface area contributed by atoms with E-state index in [4.69, 9.17) is 0 Å². The predicted molar refractivity (Wildman–Crippen MR) is 89.6 cm³/mol. The van der Waals surface area contributed by atoms with Gasteiger partial charge in [0, 0.05) is 11.7 Å². The lowest BCUT2D eigenvalue weighted by atomic mass is 10.1. The van der Waals surface area contributed by atoms with Crippen molar-refractivity contribution in [1.29, 1.82) is 0 Å². The zero-order valence-electron chi connectivity index (χ0n) is 12.4. The highest BCUT2D eigenvalue weighted by molar-refractivity contribution is 7.99. The molecule has 3 rings (SSSR count). The quantitative estimate of drug-likeness (QED) is 0.866. The molecule has 1 saturated heterocycles. The van der Waals surface area contributed by atoms with Crippen molar-refractivity contribution in [3.05, 3.63) is 17.5 Å². The number of hydrogen-bond acceptors (Lipinski definition) is 6. The second kappa shape index (κ2) is 6.82. The topological polar surface area (TPSA) is 83.6 Å². The van der Waals surface area contributed by atoms with Gasteiger partial charge in [-0.25, -0.2) is 13.1 Å². The van der Waals surface area contributed by atoms with Gasteiger partial charge in [0.15, 0.2) is 0 Å². The van der Waals surface area contributed by atoms with Gasteiger partial charge < -0.3 is 4.90 Å². The molecule has 6 nitrogen and oxygen atoms in total. The number of sulfonamides is 1. The summed E-state index contributed by atoms with van der Waals surface area (Å²) in [5.74, 6) is 0.241. The minimum atomic E-state index is -3.85. The summed E-state index contributed by atoms with van der Waals surface area (Å²) in [7, 11) is -3.85. The van der Waals surface area contributed by atoms with Crippen LogP contribution in [0.3, 0.4) is 0 Å². The summed E-state index contributed by atoms with van der Waals surface area (Å²) in [5.41, 5.74) is 0. The van der Waals surface area contributed by atoms with Gasteiger partial charge in [0.1, 0.15) is 10.3 Å². The molecule has 0 bridgehead atoms. The van der Waals surface area contributed by atoms with Crippen LogP contribution in [0.15, 0.2) is 21.7 Å². The molecule has 0 radical (unpaired) electrons. The third-order valence-electron chi connectivity index (χ3n) is 4.17. The molecular formula is C14H18N2O4S3. The summed E-state index contributed by atoms with van der Waals surface area (Å²) in [6.07, 6.45) is 3.81. The molecule has 2 aliphatic rings. The molecular weight excluding hydrogens is 356 g/mol. The number of thioether (sulfide) groups is 1. The number of carbonyl (C=O) groups excluding carboxylic acids is 2. The van der Waals surface area contributed by atoms with E-state index in [1.54, 1.807) is 16.3 Å². The Hall–Kier alpha value is -1.06. The molecule has 1 aromatic heterocycles. The number of amides is 2. The highest BCUT2D eigenvalue weighted by atomic mass is 32.2. The lowest BCUT2D eigenvalue weighted by molar-refractivity contribution is -0.140. The van der Waals surface area contributed by atoms with Crippen molar-refractivity contribution in [2.45, 2.75) is 35.9 Å². The Labute approximate surface area is 143 Å².